The number of carbonyl (C=O) groups is 1. The van der Waals surface area contributed by atoms with Crippen molar-refractivity contribution in [3.63, 3.8) is 0 Å². The molecule has 2 aliphatic rings. The first-order chi connectivity index (χ1) is 13.4. The van der Waals surface area contributed by atoms with Gasteiger partial charge in [0.1, 0.15) is 12.0 Å². The number of hydrogen-bond acceptors (Lipinski definition) is 8. The highest BCUT2D eigenvalue weighted by Gasteiger charge is 2.31. The van der Waals surface area contributed by atoms with Crippen molar-refractivity contribution in [1.29, 1.82) is 0 Å². The summed E-state index contributed by atoms with van der Waals surface area (Å²) in [6.45, 7) is 6.74. The topological polar surface area (TPSA) is 116 Å². The normalized spacial score (nSPS) is 15.5. The third-order valence-corrected chi connectivity index (χ3v) is 4.66. The van der Waals surface area contributed by atoms with Gasteiger partial charge in [0, 0.05) is 43.5 Å². The monoisotopic (exact) mass is 383 g/mol. The predicted octanol–water partition coefficient (Wildman–Crippen LogP) is 0.651. The van der Waals surface area contributed by atoms with Crippen LogP contribution < -0.4 is 20.2 Å². The van der Waals surface area contributed by atoms with E-state index in [2.05, 4.69) is 6.58 Å². The van der Waals surface area contributed by atoms with Crippen LogP contribution in [0.1, 0.15) is 10.4 Å². The van der Waals surface area contributed by atoms with Gasteiger partial charge < -0.3 is 24.7 Å². The molecule has 0 amide bonds. The number of carbonyl (C=O) groups excluding carboxylic acids is 1. The molecule has 9 nitrogen and oxygen atoms in total. The number of benzene rings is 2. The lowest BCUT2D eigenvalue weighted by atomic mass is 10.1. The minimum atomic E-state index is -0.738. The number of phenolic OH excluding ortho intramolecular Hbond substituents is 2. The van der Waals surface area contributed by atoms with Gasteiger partial charge in [-0.2, -0.15) is 0 Å². The zero-order chi connectivity index (χ0) is 20.0. The van der Waals surface area contributed by atoms with Gasteiger partial charge >= 0.3 is 5.97 Å². The summed E-state index contributed by atoms with van der Waals surface area (Å²) in [4.78, 5) is 26.1. The van der Waals surface area contributed by atoms with Crippen molar-refractivity contribution in [3.8, 4) is 11.5 Å². The van der Waals surface area contributed by atoms with E-state index in [1.54, 1.807) is 0 Å². The third kappa shape index (κ3) is 3.07. The first-order valence-electron chi connectivity index (χ1n) is 8.61. The van der Waals surface area contributed by atoms with Crippen LogP contribution in [0.25, 0.3) is 12.8 Å². The molecule has 2 fully saturated rings. The third-order valence-electron chi connectivity index (χ3n) is 4.66. The van der Waals surface area contributed by atoms with Gasteiger partial charge in [-0.25, -0.2) is 4.79 Å². The smallest absolute Gasteiger partial charge is 0.342 e. The molecule has 0 spiro atoms. The highest BCUT2D eigenvalue weighted by molar-refractivity contribution is 5.91. The molecule has 0 bridgehead atoms. The Labute approximate surface area is 159 Å². The minimum absolute atomic E-state index is 0.0603. The van der Waals surface area contributed by atoms with Gasteiger partial charge in [-0.05, 0) is 12.1 Å². The molecule has 2 N–H and O–H groups in total. The molecule has 2 heterocycles. The fourth-order valence-electron chi connectivity index (χ4n) is 2.98. The second-order valence-corrected chi connectivity index (χ2v) is 6.59. The largest absolute Gasteiger partial charge is 0.505 e. The van der Waals surface area contributed by atoms with E-state index in [9.17, 15) is 25.1 Å². The molecule has 9 heteroatoms. The summed E-state index contributed by atoms with van der Waals surface area (Å²) in [5.41, 5.74) is 0.769. The van der Waals surface area contributed by atoms with Crippen LogP contribution in [0, 0.1) is 10.1 Å². The molecule has 0 saturated carbocycles. The second kappa shape index (κ2) is 6.45. The minimum Gasteiger partial charge on any atom is -0.505 e. The van der Waals surface area contributed by atoms with E-state index in [0.29, 0.717) is 29.7 Å². The molecule has 28 heavy (non-hydrogen) atoms. The number of ether oxygens (including phenoxy) is 1. The summed E-state index contributed by atoms with van der Waals surface area (Å²) >= 11 is 0. The Hall–Kier alpha value is -3.75. The molecule has 4 rings (SSSR count). The summed E-state index contributed by atoms with van der Waals surface area (Å²) in [5, 5.41) is 32.5. The maximum atomic E-state index is 12.3. The fraction of sp³-hybridized carbons (Fsp3) is 0.211. The second-order valence-electron chi connectivity index (χ2n) is 6.59. The quantitative estimate of drug-likeness (QED) is 0.254. The van der Waals surface area contributed by atoms with E-state index in [4.69, 9.17) is 4.74 Å². The summed E-state index contributed by atoms with van der Waals surface area (Å²) in [7, 11) is 0. The van der Waals surface area contributed by atoms with E-state index in [0.717, 1.165) is 19.4 Å². The number of esters is 1. The Morgan fingerprint density at radius 1 is 1.07 bits per heavy atom. The van der Waals surface area contributed by atoms with Crippen LogP contribution in [-0.4, -0.2) is 47.3 Å². The summed E-state index contributed by atoms with van der Waals surface area (Å²) in [6.07, 6.45) is 1.10. The van der Waals surface area contributed by atoms with Crippen LogP contribution in [0.4, 0.5) is 17.1 Å². The molecule has 144 valence electrons. The number of non-ortho nitro benzene ring substituents is 1. The number of nitro groups is 1. The van der Waals surface area contributed by atoms with Gasteiger partial charge in [-0.3, -0.25) is 10.1 Å². The van der Waals surface area contributed by atoms with Crippen LogP contribution >= 0.6 is 0 Å². The lowest BCUT2D eigenvalue weighted by Crippen LogP contribution is -2.21. The number of rotatable bonds is 5. The Kier molecular flexibility index (Phi) is 4.07. The molecule has 0 unspecified atom stereocenters. The first kappa shape index (κ1) is 17.7. The molecular formula is C19H17N3O6. The Balaban J connectivity index is 1.71. The molecule has 0 atom stereocenters. The number of hydrogen-bond donors (Lipinski definition) is 2. The van der Waals surface area contributed by atoms with Crippen molar-refractivity contribution in [2.24, 2.45) is 0 Å². The zero-order valence-corrected chi connectivity index (χ0v) is 14.8. The lowest BCUT2D eigenvalue weighted by molar-refractivity contribution is -0.384. The van der Waals surface area contributed by atoms with Crippen LogP contribution in [0.3, 0.4) is 0 Å². The fourth-order valence-corrected chi connectivity index (χ4v) is 2.98. The SMILES string of the molecule is C=c1c(O)c(N2CC2)/c(=C\OC(=O)c2ccc([N+](=O)[O-])cc2)c(O)c1N1CC1. The Morgan fingerprint density at radius 2 is 1.64 bits per heavy atom. The van der Waals surface area contributed by atoms with Crippen molar-refractivity contribution in [2.75, 3.05) is 36.0 Å². The molecule has 0 radical (unpaired) electrons. The lowest BCUT2D eigenvalue weighted by Gasteiger charge is -2.15. The van der Waals surface area contributed by atoms with E-state index in [1.807, 2.05) is 9.80 Å². The summed E-state index contributed by atoms with van der Waals surface area (Å²) < 4.78 is 5.19. The summed E-state index contributed by atoms with van der Waals surface area (Å²) in [5.74, 6) is -0.911. The molecule has 2 aromatic carbocycles. The number of nitrogens with zero attached hydrogens (tertiary/aromatic N) is 3. The number of phenols is 2. The Morgan fingerprint density at radius 3 is 2.18 bits per heavy atom. The van der Waals surface area contributed by atoms with E-state index in [-0.39, 0.29) is 28.0 Å². The number of nitro benzene ring substituents is 1. The van der Waals surface area contributed by atoms with Gasteiger partial charge in [0.25, 0.3) is 5.69 Å². The van der Waals surface area contributed by atoms with E-state index >= 15 is 0 Å². The van der Waals surface area contributed by atoms with Crippen LogP contribution in [-0.2, 0) is 4.74 Å². The average molecular weight is 383 g/mol. The highest BCUT2D eigenvalue weighted by Crippen LogP contribution is 2.34. The van der Waals surface area contributed by atoms with Crippen molar-refractivity contribution >= 4 is 35.9 Å². The van der Waals surface area contributed by atoms with Gasteiger partial charge in [-0.15, -0.1) is 0 Å². The van der Waals surface area contributed by atoms with Gasteiger partial charge in [0.2, 0.25) is 0 Å². The predicted molar refractivity (Wildman–Crippen MR) is 102 cm³/mol. The van der Waals surface area contributed by atoms with Gasteiger partial charge in [-0.1, -0.05) is 6.58 Å². The maximum Gasteiger partial charge on any atom is 0.342 e. The van der Waals surface area contributed by atoms with E-state index in [1.165, 1.54) is 24.3 Å². The van der Waals surface area contributed by atoms with Crippen molar-refractivity contribution < 1.29 is 24.7 Å². The molecule has 2 aromatic rings. The van der Waals surface area contributed by atoms with Crippen molar-refractivity contribution in [3.05, 3.63) is 50.4 Å². The molecule has 2 saturated heterocycles. The van der Waals surface area contributed by atoms with Crippen LogP contribution in [0.2, 0.25) is 0 Å². The average Bonchev–Trinajstić information content (AvgIpc) is 3.57. The van der Waals surface area contributed by atoms with Crippen molar-refractivity contribution in [1.82, 2.24) is 0 Å². The van der Waals surface area contributed by atoms with E-state index < -0.39 is 10.9 Å². The van der Waals surface area contributed by atoms with Gasteiger partial charge in [0.15, 0.2) is 5.75 Å². The molecule has 2 aliphatic heterocycles. The first-order valence-corrected chi connectivity index (χ1v) is 8.61. The summed E-state index contributed by atoms with van der Waals surface area (Å²) in [6, 6.07) is 4.99. The molecule has 0 aromatic heterocycles. The maximum absolute atomic E-state index is 12.3. The zero-order valence-electron chi connectivity index (χ0n) is 14.8. The highest BCUT2D eigenvalue weighted by atomic mass is 16.6. The standard InChI is InChI=1S/C19H17N3O6/c1-11-15(20-6-7-20)18(24)14(16(17(11)23)21-8-9-21)10-28-19(25)12-2-4-13(5-3-12)22(26)27/h2-5,10,23-24H,1,6-9H2/b14-10+. The number of aromatic hydroxyl groups is 2. The van der Waals surface area contributed by atoms with Crippen LogP contribution in [0.5, 0.6) is 11.5 Å². The molecule has 0 aliphatic carbocycles. The number of anilines is 2. The van der Waals surface area contributed by atoms with Crippen LogP contribution in [0.15, 0.2) is 24.3 Å². The van der Waals surface area contributed by atoms with Gasteiger partial charge in [0.05, 0.1) is 27.1 Å². The Bertz CT molecular complexity index is 1090. The van der Waals surface area contributed by atoms with Crippen molar-refractivity contribution in [2.45, 2.75) is 0 Å². The molecular weight excluding hydrogens is 366 g/mol.